The summed E-state index contributed by atoms with van der Waals surface area (Å²) in [4.78, 5) is 11.4. The monoisotopic (exact) mass is 223 g/mol. The number of methoxy groups -OCH3 is 1. The Balaban J connectivity index is 2.67. The van der Waals surface area contributed by atoms with Crippen molar-refractivity contribution in [1.82, 2.24) is 5.32 Å². The molecule has 0 radical (unpaired) electrons. The molecule has 1 atom stereocenters. The second-order valence-electron chi connectivity index (χ2n) is 3.63. The van der Waals surface area contributed by atoms with Crippen LogP contribution in [0.1, 0.15) is 22.8 Å². The molecule has 0 aromatic heterocycles. The summed E-state index contributed by atoms with van der Waals surface area (Å²) in [7, 11) is 1.36. The van der Waals surface area contributed by atoms with E-state index in [0.717, 1.165) is 5.56 Å². The van der Waals surface area contributed by atoms with Gasteiger partial charge in [0.2, 0.25) is 0 Å². The first-order valence-corrected chi connectivity index (χ1v) is 5.20. The quantitative estimate of drug-likeness (QED) is 0.729. The molecule has 0 aliphatic heterocycles. The van der Waals surface area contributed by atoms with E-state index in [4.69, 9.17) is 5.11 Å². The smallest absolute Gasteiger partial charge is 0.338 e. The first-order chi connectivity index (χ1) is 7.65. The lowest BCUT2D eigenvalue weighted by molar-refractivity contribution is 0.0599. The van der Waals surface area contributed by atoms with Crippen LogP contribution in [0.25, 0.3) is 0 Å². The van der Waals surface area contributed by atoms with Crippen LogP contribution in [0, 0.1) is 0 Å². The van der Waals surface area contributed by atoms with Crippen molar-refractivity contribution in [2.24, 2.45) is 0 Å². The predicted molar refractivity (Wildman–Crippen MR) is 61.2 cm³/mol. The maximum atomic E-state index is 11.4. The Morgan fingerprint density at radius 3 is 2.81 bits per heavy atom. The van der Waals surface area contributed by atoms with E-state index in [1.54, 1.807) is 19.1 Å². The fraction of sp³-hybridized carbons (Fsp3) is 0.417. The van der Waals surface area contributed by atoms with Gasteiger partial charge in [-0.3, -0.25) is 0 Å². The lowest BCUT2D eigenvalue weighted by atomic mass is 10.1. The summed E-state index contributed by atoms with van der Waals surface area (Å²) in [5, 5.41) is 12.2. The SMILES string of the molecule is COC(=O)c1ccccc1CNC[C@@H](C)O. The van der Waals surface area contributed by atoms with Crippen LogP contribution in [0.4, 0.5) is 0 Å². The fourth-order valence-electron chi connectivity index (χ4n) is 1.40. The molecule has 0 saturated carbocycles. The van der Waals surface area contributed by atoms with Gasteiger partial charge in [0.1, 0.15) is 0 Å². The molecule has 1 aromatic carbocycles. The lowest BCUT2D eigenvalue weighted by Gasteiger charge is -2.10. The van der Waals surface area contributed by atoms with E-state index in [9.17, 15) is 4.79 Å². The van der Waals surface area contributed by atoms with Gasteiger partial charge in [-0.15, -0.1) is 0 Å². The van der Waals surface area contributed by atoms with Gasteiger partial charge in [-0.1, -0.05) is 18.2 Å². The summed E-state index contributed by atoms with van der Waals surface area (Å²) < 4.78 is 4.69. The summed E-state index contributed by atoms with van der Waals surface area (Å²) in [6.07, 6.45) is -0.398. The molecule has 88 valence electrons. The highest BCUT2D eigenvalue weighted by molar-refractivity contribution is 5.90. The van der Waals surface area contributed by atoms with E-state index in [0.29, 0.717) is 18.7 Å². The number of rotatable bonds is 5. The second-order valence-corrected chi connectivity index (χ2v) is 3.63. The van der Waals surface area contributed by atoms with Gasteiger partial charge in [0.15, 0.2) is 0 Å². The van der Waals surface area contributed by atoms with Crippen LogP contribution in [-0.2, 0) is 11.3 Å². The van der Waals surface area contributed by atoms with E-state index < -0.39 is 6.10 Å². The molecule has 4 heteroatoms. The number of carbonyl (C=O) groups is 1. The van der Waals surface area contributed by atoms with E-state index >= 15 is 0 Å². The molecule has 0 saturated heterocycles. The van der Waals surface area contributed by atoms with Gasteiger partial charge in [0.05, 0.1) is 18.8 Å². The topological polar surface area (TPSA) is 58.6 Å². The first-order valence-electron chi connectivity index (χ1n) is 5.20. The highest BCUT2D eigenvalue weighted by Crippen LogP contribution is 2.09. The summed E-state index contributed by atoms with van der Waals surface area (Å²) in [5.74, 6) is -0.338. The molecular formula is C12H17NO3. The Bertz CT molecular complexity index is 350. The summed E-state index contributed by atoms with van der Waals surface area (Å²) >= 11 is 0. The Morgan fingerprint density at radius 1 is 1.50 bits per heavy atom. The molecule has 1 aromatic rings. The number of hydrogen-bond acceptors (Lipinski definition) is 4. The Kier molecular flexibility index (Phi) is 4.95. The van der Waals surface area contributed by atoms with Gasteiger partial charge in [-0.05, 0) is 18.6 Å². The van der Waals surface area contributed by atoms with E-state index in [2.05, 4.69) is 10.1 Å². The third-order valence-electron chi connectivity index (χ3n) is 2.18. The van der Waals surface area contributed by atoms with E-state index in [-0.39, 0.29) is 5.97 Å². The Hall–Kier alpha value is -1.39. The van der Waals surface area contributed by atoms with Crippen LogP contribution in [0.15, 0.2) is 24.3 Å². The van der Waals surface area contributed by atoms with Crippen molar-refractivity contribution in [2.45, 2.75) is 19.6 Å². The molecule has 2 N–H and O–H groups in total. The summed E-state index contributed by atoms with van der Waals surface area (Å²) in [6, 6.07) is 7.25. The van der Waals surface area contributed by atoms with Crippen molar-refractivity contribution in [1.29, 1.82) is 0 Å². The molecule has 1 rings (SSSR count). The maximum Gasteiger partial charge on any atom is 0.338 e. The van der Waals surface area contributed by atoms with Crippen molar-refractivity contribution in [3.63, 3.8) is 0 Å². The molecule has 0 spiro atoms. The van der Waals surface area contributed by atoms with Crippen molar-refractivity contribution in [3.8, 4) is 0 Å². The van der Waals surface area contributed by atoms with Gasteiger partial charge in [0.25, 0.3) is 0 Å². The number of hydrogen-bond donors (Lipinski definition) is 2. The summed E-state index contributed by atoms with van der Waals surface area (Å²) in [6.45, 7) is 2.74. The van der Waals surface area contributed by atoms with Gasteiger partial charge < -0.3 is 15.2 Å². The molecule has 0 aliphatic carbocycles. The van der Waals surface area contributed by atoms with Crippen molar-refractivity contribution < 1.29 is 14.6 Å². The molecule has 16 heavy (non-hydrogen) atoms. The highest BCUT2D eigenvalue weighted by Gasteiger charge is 2.10. The molecule has 0 heterocycles. The van der Waals surface area contributed by atoms with Crippen LogP contribution >= 0.6 is 0 Å². The average molecular weight is 223 g/mol. The standard InChI is InChI=1S/C12H17NO3/c1-9(14)7-13-8-10-5-3-4-6-11(10)12(15)16-2/h3-6,9,13-14H,7-8H2,1-2H3/t9-/m1/s1. The molecule has 4 nitrogen and oxygen atoms in total. The number of carbonyl (C=O) groups excluding carboxylic acids is 1. The second kappa shape index (κ2) is 6.25. The zero-order chi connectivity index (χ0) is 12.0. The van der Waals surface area contributed by atoms with Crippen LogP contribution in [0.2, 0.25) is 0 Å². The van der Waals surface area contributed by atoms with Crippen LogP contribution in [-0.4, -0.2) is 30.8 Å². The molecule has 0 fully saturated rings. The van der Waals surface area contributed by atoms with Gasteiger partial charge in [-0.25, -0.2) is 4.79 Å². The van der Waals surface area contributed by atoms with Crippen molar-refractivity contribution in [3.05, 3.63) is 35.4 Å². The van der Waals surface area contributed by atoms with Gasteiger partial charge >= 0.3 is 5.97 Å². The third-order valence-corrected chi connectivity index (χ3v) is 2.18. The molecule has 0 unspecified atom stereocenters. The lowest BCUT2D eigenvalue weighted by Crippen LogP contribution is -2.24. The van der Waals surface area contributed by atoms with E-state index in [1.807, 2.05) is 12.1 Å². The molecule has 0 bridgehead atoms. The Labute approximate surface area is 95.2 Å². The van der Waals surface area contributed by atoms with Gasteiger partial charge in [0, 0.05) is 13.1 Å². The number of esters is 1. The zero-order valence-electron chi connectivity index (χ0n) is 9.56. The minimum Gasteiger partial charge on any atom is -0.465 e. The fourth-order valence-corrected chi connectivity index (χ4v) is 1.40. The van der Waals surface area contributed by atoms with Gasteiger partial charge in [-0.2, -0.15) is 0 Å². The number of ether oxygens (including phenoxy) is 1. The molecule has 0 aliphatic rings. The minimum absolute atomic E-state index is 0.338. The average Bonchev–Trinajstić information content (AvgIpc) is 2.28. The number of aliphatic hydroxyl groups is 1. The van der Waals surface area contributed by atoms with Crippen molar-refractivity contribution in [2.75, 3.05) is 13.7 Å². The number of benzene rings is 1. The largest absolute Gasteiger partial charge is 0.465 e. The van der Waals surface area contributed by atoms with E-state index in [1.165, 1.54) is 7.11 Å². The van der Waals surface area contributed by atoms with Crippen molar-refractivity contribution >= 4 is 5.97 Å². The zero-order valence-corrected chi connectivity index (χ0v) is 9.56. The summed E-state index contributed by atoms with van der Waals surface area (Å²) in [5.41, 5.74) is 1.43. The normalized spacial score (nSPS) is 12.2. The molecular weight excluding hydrogens is 206 g/mol. The predicted octanol–water partition coefficient (Wildman–Crippen LogP) is 0.944. The van der Waals surface area contributed by atoms with Crippen LogP contribution in [0.3, 0.4) is 0 Å². The first kappa shape index (κ1) is 12.7. The third kappa shape index (κ3) is 3.64. The highest BCUT2D eigenvalue weighted by atomic mass is 16.5. The molecule has 0 amide bonds. The number of nitrogens with one attached hydrogen (secondary N) is 1. The van der Waals surface area contributed by atoms with Crippen LogP contribution in [0.5, 0.6) is 0 Å². The maximum absolute atomic E-state index is 11.4. The van der Waals surface area contributed by atoms with Crippen LogP contribution < -0.4 is 5.32 Å². The number of aliphatic hydroxyl groups excluding tert-OH is 1. The Morgan fingerprint density at radius 2 is 2.19 bits per heavy atom. The minimum atomic E-state index is -0.398.